The molecule has 1 N–H and O–H groups in total. The van der Waals surface area contributed by atoms with Gasteiger partial charge in [-0.2, -0.15) is 0 Å². The second-order valence-corrected chi connectivity index (χ2v) is 3.95. The van der Waals surface area contributed by atoms with E-state index in [2.05, 4.69) is 13.5 Å². The zero-order valence-electron chi connectivity index (χ0n) is 8.46. The summed E-state index contributed by atoms with van der Waals surface area (Å²) in [6, 6.07) is 0. The summed E-state index contributed by atoms with van der Waals surface area (Å²) < 4.78 is 5.76. The molecule has 0 aromatic heterocycles. The fraction of sp³-hybridized carbons (Fsp3) is 0.818. The number of hydrogen-bond acceptors (Lipinski definition) is 2. The highest BCUT2D eigenvalue weighted by Gasteiger charge is 2.20. The summed E-state index contributed by atoms with van der Waals surface area (Å²) in [7, 11) is 0. The lowest BCUT2D eigenvalue weighted by molar-refractivity contribution is -0.0260. The summed E-state index contributed by atoms with van der Waals surface area (Å²) in [5.41, 5.74) is 1.31. The van der Waals surface area contributed by atoms with E-state index >= 15 is 0 Å². The number of aliphatic hydroxyl groups is 1. The maximum Gasteiger partial charge on any atom is 0.0615 e. The Balaban J connectivity index is 2.21. The maximum atomic E-state index is 8.64. The van der Waals surface area contributed by atoms with Gasteiger partial charge in [-0.3, -0.25) is 0 Å². The Bertz CT molecular complexity index is 165. The van der Waals surface area contributed by atoms with Gasteiger partial charge in [-0.15, -0.1) is 0 Å². The number of hydrogen-bond donors (Lipinski definition) is 1. The molecule has 0 amide bonds. The molecule has 0 saturated carbocycles. The lowest BCUT2D eigenvalue weighted by Gasteiger charge is -2.29. The van der Waals surface area contributed by atoms with Gasteiger partial charge in [-0.1, -0.05) is 12.2 Å². The van der Waals surface area contributed by atoms with E-state index in [4.69, 9.17) is 9.84 Å². The Morgan fingerprint density at radius 1 is 1.46 bits per heavy atom. The van der Waals surface area contributed by atoms with Gasteiger partial charge in [0.05, 0.1) is 12.2 Å². The first-order valence-electron chi connectivity index (χ1n) is 5.15. The van der Waals surface area contributed by atoms with Crippen molar-refractivity contribution in [2.24, 2.45) is 0 Å². The first-order chi connectivity index (χ1) is 6.22. The van der Waals surface area contributed by atoms with Crippen molar-refractivity contribution in [3.63, 3.8) is 0 Å². The first kappa shape index (κ1) is 10.7. The highest BCUT2D eigenvalue weighted by Crippen LogP contribution is 2.25. The van der Waals surface area contributed by atoms with Gasteiger partial charge in [-0.25, -0.2) is 0 Å². The predicted molar refractivity (Wildman–Crippen MR) is 53.6 cm³/mol. The van der Waals surface area contributed by atoms with Crippen LogP contribution in [-0.2, 0) is 4.74 Å². The molecule has 1 aliphatic heterocycles. The van der Waals surface area contributed by atoms with Gasteiger partial charge in [0, 0.05) is 6.61 Å². The van der Waals surface area contributed by atoms with E-state index in [-0.39, 0.29) is 0 Å². The summed E-state index contributed by atoms with van der Waals surface area (Å²) >= 11 is 0. The minimum absolute atomic E-state index is 0.295. The molecule has 0 aromatic carbocycles. The molecular weight excluding hydrogens is 164 g/mol. The van der Waals surface area contributed by atoms with E-state index < -0.39 is 0 Å². The summed E-state index contributed by atoms with van der Waals surface area (Å²) in [5.74, 6) is 0. The number of aliphatic hydroxyl groups excluding tert-OH is 1. The molecule has 2 nitrogen and oxygen atoms in total. The van der Waals surface area contributed by atoms with E-state index in [9.17, 15) is 0 Å². The maximum absolute atomic E-state index is 8.64. The molecule has 13 heavy (non-hydrogen) atoms. The van der Waals surface area contributed by atoms with Crippen molar-refractivity contribution < 1.29 is 9.84 Å². The van der Waals surface area contributed by atoms with Gasteiger partial charge in [0.2, 0.25) is 0 Å². The number of rotatable bonds is 4. The zero-order valence-corrected chi connectivity index (χ0v) is 8.46. The zero-order chi connectivity index (χ0) is 9.68. The average Bonchev–Trinajstić information content (AvgIpc) is 2.03. The standard InChI is InChI=1S/C11H20O2/c1-9-7-10(2)13-11(8-9)5-3-4-6-12/h10-12H,1,3-8H2,2H3. The quantitative estimate of drug-likeness (QED) is 0.536. The van der Waals surface area contributed by atoms with Gasteiger partial charge < -0.3 is 9.84 Å². The molecule has 76 valence electrons. The highest BCUT2D eigenvalue weighted by molar-refractivity contribution is 5.01. The van der Waals surface area contributed by atoms with Crippen molar-refractivity contribution in [2.45, 2.75) is 51.2 Å². The Morgan fingerprint density at radius 3 is 2.85 bits per heavy atom. The van der Waals surface area contributed by atoms with Crippen molar-refractivity contribution in [2.75, 3.05) is 6.61 Å². The second-order valence-electron chi connectivity index (χ2n) is 3.95. The van der Waals surface area contributed by atoms with Crippen LogP contribution in [0.5, 0.6) is 0 Å². The van der Waals surface area contributed by atoms with Gasteiger partial charge in [-0.05, 0) is 39.0 Å². The third-order valence-electron chi connectivity index (χ3n) is 2.45. The van der Waals surface area contributed by atoms with Crippen molar-refractivity contribution in [3.8, 4) is 0 Å². The minimum Gasteiger partial charge on any atom is -0.396 e. The Morgan fingerprint density at radius 2 is 2.23 bits per heavy atom. The Hall–Kier alpha value is -0.340. The molecule has 2 heteroatoms. The molecule has 1 fully saturated rings. The Kier molecular flexibility index (Phi) is 4.46. The molecule has 1 rings (SSSR count). The van der Waals surface area contributed by atoms with Crippen molar-refractivity contribution in [3.05, 3.63) is 12.2 Å². The minimum atomic E-state index is 0.295. The number of unbranched alkanes of at least 4 members (excludes halogenated alkanes) is 1. The molecule has 1 heterocycles. The molecule has 0 aliphatic carbocycles. The fourth-order valence-electron chi connectivity index (χ4n) is 1.89. The SMILES string of the molecule is C=C1CC(C)OC(CCCCO)C1. The number of ether oxygens (including phenoxy) is 1. The molecule has 0 aromatic rings. The normalized spacial score (nSPS) is 29.2. The largest absolute Gasteiger partial charge is 0.396 e. The summed E-state index contributed by atoms with van der Waals surface area (Å²) in [4.78, 5) is 0. The molecular formula is C11H20O2. The summed E-state index contributed by atoms with van der Waals surface area (Å²) in [6.07, 6.45) is 5.71. The molecule has 2 atom stereocenters. The molecule has 1 saturated heterocycles. The topological polar surface area (TPSA) is 29.5 Å². The van der Waals surface area contributed by atoms with E-state index in [0.717, 1.165) is 32.1 Å². The molecule has 0 radical (unpaired) electrons. The predicted octanol–water partition coefficient (Wildman–Crippen LogP) is 2.27. The molecule has 0 spiro atoms. The van der Waals surface area contributed by atoms with Crippen molar-refractivity contribution in [1.82, 2.24) is 0 Å². The van der Waals surface area contributed by atoms with E-state index in [1.807, 2.05) is 0 Å². The van der Waals surface area contributed by atoms with Gasteiger partial charge in [0.1, 0.15) is 0 Å². The van der Waals surface area contributed by atoms with Crippen LogP contribution in [0.15, 0.2) is 12.2 Å². The molecule has 2 unspecified atom stereocenters. The van der Waals surface area contributed by atoms with Crippen molar-refractivity contribution >= 4 is 0 Å². The summed E-state index contributed by atoms with van der Waals surface area (Å²) in [6.45, 7) is 6.41. The first-order valence-corrected chi connectivity index (χ1v) is 5.15. The third kappa shape index (κ3) is 3.92. The van der Waals surface area contributed by atoms with Crippen LogP contribution in [0.2, 0.25) is 0 Å². The van der Waals surface area contributed by atoms with E-state index in [0.29, 0.717) is 18.8 Å². The van der Waals surface area contributed by atoms with E-state index in [1.54, 1.807) is 0 Å². The van der Waals surface area contributed by atoms with Gasteiger partial charge in [0.15, 0.2) is 0 Å². The van der Waals surface area contributed by atoms with Gasteiger partial charge in [0.25, 0.3) is 0 Å². The monoisotopic (exact) mass is 184 g/mol. The van der Waals surface area contributed by atoms with Crippen LogP contribution in [-0.4, -0.2) is 23.9 Å². The highest BCUT2D eigenvalue weighted by atomic mass is 16.5. The lowest BCUT2D eigenvalue weighted by atomic mass is 9.97. The van der Waals surface area contributed by atoms with Crippen molar-refractivity contribution in [1.29, 1.82) is 0 Å². The lowest BCUT2D eigenvalue weighted by Crippen LogP contribution is -2.26. The molecule has 1 aliphatic rings. The fourth-order valence-corrected chi connectivity index (χ4v) is 1.89. The third-order valence-corrected chi connectivity index (χ3v) is 2.45. The molecule has 0 bridgehead atoms. The van der Waals surface area contributed by atoms with Crippen LogP contribution in [0.1, 0.15) is 39.0 Å². The van der Waals surface area contributed by atoms with E-state index in [1.165, 1.54) is 5.57 Å². The van der Waals surface area contributed by atoms with Crippen LogP contribution in [0.4, 0.5) is 0 Å². The van der Waals surface area contributed by atoms with Crippen LogP contribution in [0.25, 0.3) is 0 Å². The smallest absolute Gasteiger partial charge is 0.0615 e. The van der Waals surface area contributed by atoms with Gasteiger partial charge >= 0.3 is 0 Å². The van der Waals surface area contributed by atoms with Crippen LogP contribution < -0.4 is 0 Å². The van der Waals surface area contributed by atoms with Crippen LogP contribution in [0.3, 0.4) is 0 Å². The Labute approximate surface area is 80.6 Å². The average molecular weight is 184 g/mol. The summed E-state index contributed by atoms with van der Waals surface area (Å²) in [5, 5.41) is 8.64. The van der Waals surface area contributed by atoms with Crippen LogP contribution >= 0.6 is 0 Å². The van der Waals surface area contributed by atoms with Crippen LogP contribution in [0, 0.1) is 0 Å². The second kappa shape index (κ2) is 5.40.